The molecule has 0 aromatic heterocycles. The minimum Gasteiger partial charge on any atom is -0.465 e. The maximum atomic E-state index is 12.8. The zero-order valence-corrected chi connectivity index (χ0v) is 15.3. The molecule has 1 rings (SSSR count). The maximum Gasteiger partial charge on any atom is 0.356 e. The van der Waals surface area contributed by atoms with Gasteiger partial charge in [0.1, 0.15) is 6.04 Å². The first-order valence-corrected chi connectivity index (χ1v) is 9.40. The van der Waals surface area contributed by atoms with Gasteiger partial charge in [-0.15, -0.1) is 0 Å². The molecule has 0 radical (unpaired) electrons. The highest BCUT2D eigenvalue weighted by Crippen LogP contribution is 2.43. The Morgan fingerprint density at radius 3 is 2.33 bits per heavy atom. The average molecular weight is 356 g/mol. The van der Waals surface area contributed by atoms with Crippen molar-refractivity contribution in [2.45, 2.75) is 39.3 Å². The van der Waals surface area contributed by atoms with Gasteiger partial charge in [0.05, 0.1) is 6.61 Å². The van der Waals surface area contributed by atoms with E-state index in [2.05, 4.69) is 10.4 Å². The quantitative estimate of drug-likeness (QED) is 0.522. The van der Waals surface area contributed by atoms with E-state index in [0.717, 1.165) is 5.56 Å². The number of hydrogen-bond acceptors (Lipinski definition) is 5. The summed E-state index contributed by atoms with van der Waals surface area (Å²) in [7, 11) is -2.75. The van der Waals surface area contributed by atoms with Crippen molar-refractivity contribution in [2.24, 2.45) is 0 Å². The van der Waals surface area contributed by atoms with Crippen molar-refractivity contribution >= 4 is 19.1 Å². The monoisotopic (exact) mass is 356 g/mol. The predicted molar refractivity (Wildman–Crippen MR) is 92.0 cm³/mol. The van der Waals surface area contributed by atoms with E-state index in [4.69, 9.17) is 9.26 Å². The summed E-state index contributed by atoms with van der Waals surface area (Å²) in [5.41, 5.74) is 0.0670. The summed E-state index contributed by atoms with van der Waals surface area (Å²) in [6.07, 6.45) is 0.224. The second kappa shape index (κ2) is 9.57. The third-order valence-electron chi connectivity index (χ3n) is 3.12. The van der Waals surface area contributed by atoms with E-state index in [-0.39, 0.29) is 19.1 Å². The van der Waals surface area contributed by atoms with Crippen LogP contribution in [0.2, 0.25) is 0 Å². The molecule has 0 heterocycles. The first-order valence-electron chi connectivity index (χ1n) is 7.77. The number of ether oxygens (including phenoxy) is 1. The standard InChI is InChI=1S/C16H25N2O5P/c1-5-23-15(19)14(11-13-9-7-6-8-10-13)18-24(21,22-4)16(20)17-12(2)3/h6-10,12,14H,5,11H2,1-4H3,(H,17,20)(H,18,21)/t14-,24-/m0/s1. The molecule has 0 saturated carbocycles. The summed E-state index contributed by atoms with van der Waals surface area (Å²) in [4.78, 5) is 24.4. The summed E-state index contributed by atoms with van der Waals surface area (Å²) in [6, 6.07) is 8.01. The third kappa shape index (κ3) is 6.07. The van der Waals surface area contributed by atoms with Gasteiger partial charge in [-0.2, -0.15) is 0 Å². The van der Waals surface area contributed by atoms with Crippen molar-refractivity contribution in [3.8, 4) is 0 Å². The molecule has 0 aliphatic rings. The fourth-order valence-electron chi connectivity index (χ4n) is 2.01. The molecule has 1 aromatic rings. The Bertz CT molecular complexity index is 591. The zero-order valence-electron chi connectivity index (χ0n) is 14.4. The summed E-state index contributed by atoms with van der Waals surface area (Å²) in [5.74, 6) is -0.587. The number of carbonyl (C=O) groups is 2. The Kier molecular flexibility index (Phi) is 8.11. The second-order valence-electron chi connectivity index (χ2n) is 5.46. The lowest BCUT2D eigenvalue weighted by Gasteiger charge is -2.23. The van der Waals surface area contributed by atoms with Gasteiger partial charge >= 0.3 is 19.1 Å². The van der Waals surface area contributed by atoms with Crippen LogP contribution in [0.15, 0.2) is 30.3 Å². The number of hydrogen-bond donors (Lipinski definition) is 2. The first kappa shape index (κ1) is 20.4. The average Bonchev–Trinajstić information content (AvgIpc) is 2.54. The summed E-state index contributed by atoms with van der Waals surface area (Å²) < 4.78 is 22.7. The van der Waals surface area contributed by atoms with Gasteiger partial charge in [0.2, 0.25) is 0 Å². The minimum absolute atomic E-state index is 0.182. The van der Waals surface area contributed by atoms with Gasteiger partial charge in [-0.25, -0.2) is 5.09 Å². The molecule has 0 aliphatic heterocycles. The molecule has 0 fully saturated rings. The molecule has 2 atom stereocenters. The SMILES string of the molecule is CCOC(=O)[C@H](Cc1ccccc1)N[P@@](=O)(OC)C(=O)NC(C)C. The fraction of sp³-hybridized carbons (Fsp3) is 0.500. The van der Waals surface area contributed by atoms with Crippen molar-refractivity contribution in [3.05, 3.63) is 35.9 Å². The van der Waals surface area contributed by atoms with E-state index in [1.807, 2.05) is 30.3 Å². The number of benzene rings is 1. The lowest BCUT2D eigenvalue weighted by Crippen LogP contribution is -2.42. The minimum atomic E-state index is -3.92. The van der Waals surface area contributed by atoms with Crippen LogP contribution in [0.25, 0.3) is 0 Å². The van der Waals surface area contributed by atoms with Crippen LogP contribution in [0.3, 0.4) is 0 Å². The van der Waals surface area contributed by atoms with E-state index < -0.39 is 25.2 Å². The van der Waals surface area contributed by atoms with Gasteiger partial charge in [-0.3, -0.25) is 14.2 Å². The summed E-state index contributed by atoms with van der Waals surface area (Å²) in [6.45, 7) is 5.34. The van der Waals surface area contributed by atoms with E-state index in [1.165, 1.54) is 7.11 Å². The molecule has 1 aromatic carbocycles. The van der Waals surface area contributed by atoms with Crippen LogP contribution in [0.1, 0.15) is 26.3 Å². The highest BCUT2D eigenvalue weighted by Gasteiger charge is 2.37. The van der Waals surface area contributed by atoms with Gasteiger partial charge in [0.15, 0.2) is 0 Å². The summed E-state index contributed by atoms with van der Waals surface area (Å²) in [5, 5.41) is 5.10. The van der Waals surface area contributed by atoms with Gasteiger partial charge in [0, 0.05) is 13.2 Å². The van der Waals surface area contributed by atoms with Gasteiger partial charge < -0.3 is 14.6 Å². The van der Waals surface area contributed by atoms with Gasteiger partial charge in [-0.05, 0) is 32.8 Å². The fourth-order valence-corrected chi connectivity index (χ4v) is 3.43. The number of nitrogens with one attached hydrogen (secondary N) is 2. The molecule has 1 amide bonds. The number of rotatable bonds is 9. The Balaban J connectivity index is 2.98. The largest absolute Gasteiger partial charge is 0.465 e. The Morgan fingerprint density at radius 2 is 1.83 bits per heavy atom. The van der Waals surface area contributed by atoms with Crippen LogP contribution in [-0.2, 0) is 25.0 Å². The van der Waals surface area contributed by atoms with Crippen molar-refractivity contribution in [3.63, 3.8) is 0 Å². The van der Waals surface area contributed by atoms with Gasteiger partial charge in [-0.1, -0.05) is 30.3 Å². The lowest BCUT2D eigenvalue weighted by atomic mass is 10.1. The molecule has 24 heavy (non-hydrogen) atoms. The smallest absolute Gasteiger partial charge is 0.356 e. The molecule has 2 N–H and O–H groups in total. The molecule has 0 bridgehead atoms. The first-order chi connectivity index (χ1) is 11.3. The maximum absolute atomic E-state index is 12.8. The molecule has 0 unspecified atom stereocenters. The Labute approximate surface area is 142 Å². The van der Waals surface area contributed by atoms with Crippen molar-refractivity contribution in [1.29, 1.82) is 0 Å². The zero-order chi connectivity index (χ0) is 18.2. The molecule has 0 spiro atoms. The third-order valence-corrected chi connectivity index (χ3v) is 4.95. The van der Waals surface area contributed by atoms with Crippen LogP contribution in [0.5, 0.6) is 0 Å². The topological polar surface area (TPSA) is 93.7 Å². The van der Waals surface area contributed by atoms with Crippen molar-refractivity contribution in [1.82, 2.24) is 10.4 Å². The molecular formula is C16H25N2O5P. The highest BCUT2D eigenvalue weighted by molar-refractivity contribution is 7.74. The molecule has 7 nitrogen and oxygen atoms in total. The van der Waals surface area contributed by atoms with Crippen LogP contribution in [0.4, 0.5) is 4.79 Å². The lowest BCUT2D eigenvalue weighted by molar-refractivity contribution is -0.145. The molecule has 134 valence electrons. The molecular weight excluding hydrogens is 331 g/mol. The van der Waals surface area contributed by atoms with E-state index in [9.17, 15) is 14.2 Å². The number of carbonyl (C=O) groups excluding carboxylic acids is 2. The molecule has 0 saturated heterocycles. The second-order valence-corrected chi connectivity index (χ2v) is 7.59. The summed E-state index contributed by atoms with van der Waals surface area (Å²) >= 11 is 0. The Hall–Kier alpha value is -1.69. The van der Waals surface area contributed by atoms with E-state index in [1.54, 1.807) is 20.8 Å². The predicted octanol–water partition coefficient (Wildman–Crippen LogP) is 2.71. The van der Waals surface area contributed by atoms with E-state index >= 15 is 0 Å². The Morgan fingerprint density at radius 1 is 1.21 bits per heavy atom. The van der Waals surface area contributed by atoms with Crippen molar-refractivity contribution in [2.75, 3.05) is 13.7 Å². The molecule has 8 heteroatoms. The number of amides is 1. The van der Waals surface area contributed by atoms with E-state index in [0.29, 0.717) is 0 Å². The number of esters is 1. The molecule has 0 aliphatic carbocycles. The van der Waals surface area contributed by atoms with Gasteiger partial charge in [0.25, 0.3) is 0 Å². The van der Waals surface area contributed by atoms with Crippen LogP contribution in [-0.4, -0.2) is 37.4 Å². The van der Waals surface area contributed by atoms with Crippen LogP contribution >= 0.6 is 7.52 Å². The van der Waals surface area contributed by atoms with Crippen molar-refractivity contribution < 1.29 is 23.4 Å². The highest BCUT2D eigenvalue weighted by atomic mass is 31.2. The van der Waals surface area contributed by atoms with Crippen LogP contribution in [0, 0.1) is 0 Å². The normalized spacial score (nSPS) is 14.7. The van der Waals surface area contributed by atoms with Crippen LogP contribution < -0.4 is 10.4 Å².